The van der Waals surface area contributed by atoms with E-state index in [2.05, 4.69) is 15.4 Å². The van der Waals surface area contributed by atoms with Crippen LogP contribution in [0.15, 0.2) is 42.5 Å². The summed E-state index contributed by atoms with van der Waals surface area (Å²) >= 11 is 0. The lowest BCUT2D eigenvalue weighted by Crippen LogP contribution is -2.22. The smallest absolute Gasteiger partial charge is 0.339 e. The average molecular weight is 342 g/mol. The van der Waals surface area contributed by atoms with E-state index in [1.807, 2.05) is 19.1 Å². The first-order chi connectivity index (χ1) is 12.0. The molecule has 0 heterocycles. The molecule has 25 heavy (non-hydrogen) atoms. The summed E-state index contributed by atoms with van der Waals surface area (Å²) in [7, 11) is 2.47. The molecule has 0 spiro atoms. The van der Waals surface area contributed by atoms with Crippen LogP contribution in [-0.4, -0.2) is 32.2 Å². The third kappa shape index (κ3) is 4.35. The van der Waals surface area contributed by atoms with Crippen LogP contribution in [0.5, 0.6) is 0 Å². The predicted molar refractivity (Wildman–Crippen MR) is 92.9 cm³/mol. The minimum Gasteiger partial charge on any atom is -0.465 e. The zero-order chi connectivity index (χ0) is 18.4. The van der Waals surface area contributed by atoms with Gasteiger partial charge in [0.25, 0.3) is 0 Å². The van der Waals surface area contributed by atoms with Gasteiger partial charge in [0, 0.05) is 5.69 Å². The van der Waals surface area contributed by atoms with Crippen molar-refractivity contribution in [3.05, 3.63) is 59.2 Å². The summed E-state index contributed by atoms with van der Waals surface area (Å²) in [5, 5.41) is 5.25. The third-order valence-corrected chi connectivity index (χ3v) is 3.49. The number of anilines is 2. The zero-order valence-electron chi connectivity index (χ0n) is 14.1. The summed E-state index contributed by atoms with van der Waals surface area (Å²) in [6, 6.07) is 10.9. The highest BCUT2D eigenvalue weighted by Crippen LogP contribution is 2.21. The van der Waals surface area contributed by atoms with Crippen molar-refractivity contribution < 1.29 is 23.9 Å². The number of aryl methyl sites for hydroxylation is 1. The largest absolute Gasteiger partial charge is 0.465 e. The second-order valence-electron chi connectivity index (χ2n) is 5.14. The maximum Gasteiger partial charge on any atom is 0.339 e. The highest BCUT2D eigenvalue weighted by atomic mass is 16.5. The summed E-state index contributed by atoms with van der Waals surface area (Å²) < 4.78 is 9.35. The Hall–Kier alpha value is -3.35. The predicted octanol–water partition coefficient (Wildman–Crippen LogP) is 3.21. The number of hydrogen-bond acceptors (Lipinski definition) is 5. The van der Waals surface area contributed by atoms with Gasteiger partial charge in [-0.25, -0.2) is 14.4 Å². The molecular weight excluding hydrogens is 324 g/mol. The number of urea groups is 1. The topological polar surface area (TPSA) is 93.7 Å². The molecule has 0 aromatic heterocycles. The SMILES string of the molecule is COC(=O)c1ccc(C(=O)OC)c(NC(=O)Nc2ccccc2C)c1. The van der Waals surface area contributed by atoms with Crippen LogP contribution in [0.3, 0.4) is 0 Å². The molecule has 2 aromatic rings. The molecule has 0 unspecified atom stereocenters. The number of carbonyl (C=O) groups is 3. The highest BCUT2D eigenvalue weighted by Gasteiger charge is 2.17. The van der Waals surface area contributed by atoms with E-state index >= 15 is 0 Å². The van der Waals surface area contributed by atoms with Crippen molar-refractivity contribution in [1.29, 1.82) is 0 Å². The Bertz CT molecular complexity index is 817. The number of nitrogens with one attached hydrogen (secondary N) is 2. The number of methoxy groups -OCH3 is 2. The van der Waals surface area contributed by atoms with E-state index in [0.29, 0.717) is 5.69 Å². The minimum absolute atomic E-state index is 0.120. The Morgan fingerprint density at radius 2 is 1.48 bits per heavy atom. The van der Waals surface area contributed by atoms with Crippen LogP contribution in [0.2, 0.25) is 0 Å². The summed E-state index contributed by atoms with van der Waals surface area (Å²) in [5.74, 6) is -1.22. The zero-order valence-corrected chi connectivity index (χ0v) is 14.1. The Balaban J connectivity index is 2.29. The fourth-order valence-corrected chi connectivity index (χ4v) is 2.17. The lowest BCUT2D eigenvalue weighted by Gasteiger charge is -2.13. The summed E-state index contributed by atoms with van der Waals surface area (Å²) in [6.07, 6.45) is 0. The van der Waals surface area contributed by atoms with Crippen LogP contribution >= 0.6 is 0 Å². The molecule has 2 aromatic carbocycles. The van der Waals surface area contributed by atoms with E-state index in [1.165, 1.54) is 32.4 Å². The van der Waals surface area contributed by atoms with E-state index in [4.69, 9.17) is 4.74 Å². The van der Waals surface area contributed by atoms with Crippen molar-refractivity contribution in [2.75, 3.05) is 24.9 Å². The van der Waals surface area contributed by atoms with E-state index in [-0.39, 0.29) is 16.8 Å². The van der Waals surface area contributed by atoms with Crippen LogP contribution in [-0.2, 0) is 9.47 Å². The van der Waals surface area contributed by atoms with Gasteiger partial charge in [-0.3, -0.25) is 0 Å². The van der Waals surface area contributed by atoms with Crippen molar-refractivity contribution in [3.8, 4) is 0 Å². The summed E-state index contributed by atoms with van der Waals surface area (Å²) in [4.78, 5) is 35.8. The lowest BCUT2D eigenvalue weighted by atomic mass is 10.1. The third-order valence-electron chi connectivity index (χ3n) is 3.49. The van der Waals surface area contributed by atoms with E-state index in [9.17, 15) is 14.4 Å². The number of para-hydroxylation sites is 1. The number of hydrogen-bond donors (Lipinski definition) is 2. The van der Waals surface area contributed by atoms with Crippen LogP contribution in [0, 0.1) is 6.92 Å². The molecule has 0 radical (unpaired) electrons. The Labute approximate surface area is 144 Å². The Morgan fingerprint density at radius 3 is 2.12 bits per heavy atom. The normalized spacial score (nSPS) is 9.88. The molecule has 7 heteroatoms. The average Bonchev–Trinajstić information content (AvgIpc) is 2.62. The van der Waals surface area contributed by atoms with Crippen molar-refractivity contribution in [2.45, 2.75) is 6.92 Å². The first-order valence-electron chi connectivity index (χ1n) is 7.40. The molecule has 0 aliphatic rings. The number of rotatable bonds is 4. The first-order valence-corrected chi connectivity index (χ1v) is 7.40. The van der Waals surface area contributed by atoms with E-state index < -0.39 is 18.0 Å². The van der Waals surface area contributed by atoms with Crippen LogP contribution < -0.4 is 10.6 Å². The first kappa shape index (κ1) is 18.0. The van der Waals surface area contributed by atoms with E-state index in [0.717, 1.165) is 5.56 Å². The number of amides is 2. The molecule has 0 atom stereocenters. The summed E-state index contributed by atoms with van der Waals surface area (Å²) in [6.45, 7) is 1.85. The monoisotopic (exact) mass is 342 g/mol. The number of carbonyl (C=O) groups excluding carboxylic acids is 3. The van der Waals surface area contributed by atoms with Crippen LogP contribution in [0.4, 0.5) is 16.2 Å². The molecule has 2 N–H and O–H groups in total. The van der Waals surface area contributed by atoms with Crippen molar-refractivity contribution in [1.82, 2.24) is 0 Å². The molecule has 7 nitrogen and oxygen atoms in total. The molecular formula is C18H18N2O5. The molecule has 2 rings (SSSR count). The molecule has 0 saturated carbocycles. The second-order valence-corrected chi connectivity index (χ2v) is 5.14. The molecule has 0 bridgehead atoms. The summed E-state index contributed by atoms with van der Waals surface area (Å²) in [5.41, 5.74) is 1.97. The Morgan fingerprint density at radius 1 is 0.840 bits per heavy atom. The Kier molecular flexibility index (Phi) is 5.73. The number of benzene rings is 2. The minimum atomic E-state index is -0.636. The fraction of sp³-hybridized carbons (Fsp3) is 0.167. The van der Waals surface area contributed by atoms with Crippen LogP contribution in [0.25, 0.3) is 0 Å². The van der Waals surface area contributed by atoms with Gasteiger partial charge >= 0.3 is 18.0 Å². The fourth-order valence-electron chi connectivity index (χ4n) is 2.17. The van der Waals surface area contributed by atoms with Gasteiger partial charge in [0.2, 0.25) is 0 Å². The number of ether oxygens (including phenoxy) is 2. The van der Waals surface area contributed by atoms with Gasteiger partial charge < -0.3 is 20.1 Å². The van der Waals surface area contributed by atoms with Gasteiger partial charge in [0.15, 0.2) is 0 Å². The van der Waals surface area contributed by atoms with Gasteiger partial charge in [-0.1, -0.05) is 18.2 Å². The quantitative estimate of drug-likeness (QED) is 0.832. The van der Waals surface area contributed by atoms with Gasteiger partial charge in [0.1, 0.15) is 0 Å². The maximum atomic E-state index is 12.3. The van der Waals surface area contributed by atoms with Gasteiger partial charge in [0.05, 0.1) is 31.0 Å². The standard InChI is InChI=1S/C18H18N2O5/c1-11-6-4-5-7-14(11)19-18(23)20-15-10-12(16(21)24-2)8-9-13(15)17(22)25-3/h4-10H,1-3H3,(H2,19,20,23). The molecule has 0 aliphatic heterocycles. The molecule has 2 amide bonds. The molecule has 130 valence electrons. The van der Waals surface area contributed by atoms with Crippen molar-refractivity contribution >= 4 is 29.3 Å². The van der Waals surface area contributed by atoms with Gasteiger partial charge in [-0.2, -0.15) is 0 Å². The lowest BCUT2D eigenvalue weighted by molar-refractivity contribution is 0.0587. The number of esters is 2. The molecule has 0 saturated heterocycles. The molecule has 0 fully saturated rings. The van der Waals surface area contributed by atoms with Crippen molar-refractivity contribution in [3.63, 3.8) is 0 Å². The van der Waals surface area contributed by atoms with Gasteiger partial charge in [-0.15, -0.1) is 0 Å². The van der Waals surface area contributed by atoms with E-state index in [1.54, 1.807) is 12.1 Å². The second kappa shape index (κ2) is 7.96. The van der Waals surface area contributed by atoms with Crippen molar-refractivity contribution in [2.24, 2.45) is 0 Å². The van der Waals surface area contributed by atoms with Gasteiger partial charge in [-0.05, 0) is 36.8 Å². The maximum absolute atomic E-state index is 12.3. The van der Waals surface area contributed by atoms with Crippen LogP contribution in [0.1, 0.15) is 26.3 Å². The molecule has 0 aliphatic carbocycles. The highest BCUT2D eigenvalue weighted by molar-refractivity contribution is 6.06.